The fraction of sp³-hybridized carbons (Fsp3) is 0.393. The summed E-state index contributed by atoms with van der Waals surface area (Å²) < 4.78 is 25.5. The molecule has 2 amide bonds. The third kappa shape index (κ3) is 4.77. The molecule has 3 aromatic rings. The van der Waals surface area contributed by atoms with Gasteiger partial charge in [-0.3, -0.25) is 14.4 Å². The van der Waals surface area contributed by atoms with Gasteiger partial charge in [-0.1, -0.05) is 19.9 Å². The third-order valence-electron chi connectivity index (χ3n) is 7.44. The van der Waals surface area contributed by atoms with Crippen LogP contribution in [0, 0.1) is 5.82 Å². The molecule has 1 aliphatic carbocycles. The van der Waals surface area contributed by atoms with Crippen molar-refractivity contribution in [1.29, 1.82) is 0 Å². The van der Waals surface area contributed by atoms with E-state index in [-0.39, 0.29) is 35.5 Å². The molecule has 0 saturated carbocycles. The van der Waals surface area contributed by atoms with E-state index in [1.54, 1.807) is 24.1 Å². The normalized spacial score (nSPS) is 17.7. The number of anilines is 1. The number of ether oxygens (including phenoxy) is 1. The van der Waals surface area contributed by atoms with E-state index in [1.165, 1.54) is 12.1 Å². The number of halogens is 1. The molecule has 0 saturated heterocycles. The Labute approximate surface area is 213 Å². The maximum Gasteiger partial charge on any atom is 0.280 e. The molecule has 1 atom stereocenters. The Bertz CT molecular complexity index is 1420. The highest BCUT2D eigenvalue weighted by Gasteiger charge is 2.37. The first-order valence-corrected chi connectivity index (χ1v) is 12.4. The van der Waals surface area contributed by atoms with Gasteiger partial charge in [0.2, 0.25) is 5.91 Å². The second-order valence-corrected chi connectivity index (χ2v) is 10.3. The number of rotatable bonds is 6. The molecule has 2 aromatic carbocycles. The number of aryl methyl sites for hydroxylation is 2. The van der Waals surface area contributed by atoms with Gasteiger partial charge < -0.3 is 19.5 Å². The predicted molar refractivity (Wildman–Crippen MR) is 135 cm³/mol. The van der Waals surface area contributed by atoms with E-state index in [0.717, 1.165) is 24.0 Å². The number of aromatic nitrogens is 1. The molecule has 0 fully saturated rings. The zero-order valence-corrected chi connectivity index (χ0v) is 21.2. The Balaban J connectivity index is 1.43. The molecule has 5 rings (SSSR count). The van der Waals surface area contributed by atoms with Crippen LogP contribution in [0.2, 0.25) is 0 Å². The molecular formula is C28H30FN3O5. The molecule has 2 aliphatic rings. The number of aromatic amines is 1. The molecule has 1 unspecified atom stereocenters. The van der Waals surface area contributed by atoms with Crippen LogP contribution in [0.1, 0.15) is 60.7 Å². The van der Waals surface area contributed by atoms with Gasteiger partial charge in [-0.05, 0) is 71.2 Å². The molecule has 8 nitrogen and oxygen atoms in total. The van der Waals surface area contributed by atoms with Crippen molar-refractivity contribution in [3.05, 3.63) is 80.6 Å². The lowest BCUT2D eigenvalue weighted by Crippen LogP contribution is -2.45. The molecule has 0 bridgehead atoms. The Kier molecular flexibility index (Phi) is 6.39. The van der Waals surface area contributed by atoms with Crippen molar-refractivity contribution in [2.24, 2.45) is 0 Å². The van der Waals surface area contributed by atoms with Crippen molar-refractivity contribution in [3.63, 3.8) is 0 Å². The van der Waals surface area contributed by atoms with Gasteiger partial charge in [-0.2, -0.15) is 5.16 Å². The Morgan fingerprint density at radius 1 is 1.19 bits per heavy atom. The number of nitrogens with one attached hydrogen (secondary N) is 2. The van der Waals surface area contributed by atoms with Crippen LogP contribution in [0.4, 0.5) is 10.1 Å². The molecule has 1 aromatic heterocycles. The number of carbonyl (C=O) groups excluding carboxylic acids is 2. The van der Waals surface area contributed by atoms with Crippen LogP contribution in [0.5, 0.6) is 5.75 Å². The lowest BCUT2D eigenvalue weighted by atomic mass is 9.86. The summed E-state index contributed by atoms with van der Waals surface area (Å²) in [5.41, 5.74) is 2.98. The summed E-state index contributed by atoms with van der Waals surface area (Å²) in [6, 6.07) is 9.05. The molecule has 0 radical (unpaired) electrons. The molecule has 2 N–H and O–H groups in total. The minimum Gasteiger partial charge on any atom is -0.497 e. The van der Waals surface area contributed by atoms with Gasteiger partial charge in [-0.15, -0.1) is 0 Å². The molecule has 2 heterocycles. The third-order valence-corrected chi connectivity index (χ3v) is 7.44. The molecule has 194 valence electrons. The highest BCUT2D eigenvalue weighted by Crippen LogP contribution is 2.41. The number of hydrogen-bond donors (Lipinski definition) is 2. The van der Waals surface area contributed by atoms with Crippen LogP contribution in [0.25, 0.3) is 0 Å². The van der Waals surface area contributed by atoms with Crippen LogP contribution in [-0.4, -0.2) is 35.5 Å². The van der Waals surface area contributed by atoms with Gasteiger partial charge >= 0.3 is 0 Å². The van der Waals surface area contributed by atoms with E-state index < -0.39 is 11.9 Å². The number of benzene rings is 2. The van der Waals surface area contributed by atoms with Crippen molar-refractivity contribution in [2.45, 2.75) is 57.4 Å². The minimum absolute atomic E-state index is 0.0681. The van der Waals surface area contributed by atoms with E-state index in [1.807, 2.05) is 26.0 Å². The summed E-state index contributed by atoms with van der Waals surface area (Å²) in [5.74, 6) is 0.0584. The first kappa shape index (κ1) is 24.8. The van der Waals surface area contributed by atoms with Crippen molar-refractivity contribution in [1.82, 2.24) is 10.1 Å². The van der Waals surface area contributed by atoms with Gasteiger partial charge in [-0.25, -0.2) is 4.39 Å². The summed E-state index contributed by atoms with van der Waals surface area (Å²) in [6.45, 7) is 4.38. The SMILES string of the molecule is COc1ccc2c(c1)CCN(C(=O)CCc1cc(=O)[nH]o1)C2C(=O)Nc1cc(F)c2c(c1)CCC2(C)C. The van der Waals surface area contributed by atoms with Crippen LogP contribution < -0.4 is 15.6 Å². The first-order chi connectivity index (χ1) is 17.7. The van der Waals surface area contributed by atoms with E-state index in [2.05, 4.69) is 10.5 Å². The Hall–Kier alpha value is -3.88. The fourth-order valence-corrected chi connectivity index (χ4v) is 5.57. The van der Waals surface area contributed by atoms with Crippen molar-refractivity contribution < 1.29 is 23.2 Å². The van der Waals surface area contributed by atoms with Crippen LogP contribution in [-0.2, 0) is 34.3 Å². The van der Waals surface area contributed by atoms with Crippen molar-refractivity contribution >= 4 is 17.5 Å². The van der Waals surface area contributed by atoms with Gasteiger partial charge in [0.25, 0.3) is 11.5 Å². The van der Waals surface area contributed by atoms with E-state index >= 15 is 4.39 Å². The van der Waals surface area contributed by atoms with Gasteiger partial charge in [0.05, 0.1) is 7.11 Å². The summed E-state index contributed by atoms with van der Waals surface area (Å²) in [5, 5.41) is 5.09. The number of methoxy groups -OCH3 is 1. The highest BCUT2D eigenvalue weighted by molar-refractivity contribution is 5.98. The zero-order chi connectivity index (χ0) is 26.3. The quantitative estimate of drug-likeness (QED) is 0.524. The number of H-pyrrole nitrogens is 1. The van der Waals surface area contributed by atoms with Gasteiger partial charge in [0, 0.05) is 31.1 Å². The van der Waals surface area contributed by atoms with E-state index in [0.29, 0.717) is 41.3 Å². The number of carbonyl (C=O) groups is 2. The summed E-state index contributed by atoms with van der Waals surface area (Å²) in [4.78, 5) is 39.9. The second kappa shape index (κ2) is 9.53. The maximum atomic E-state index is 15.1. The standard InChI is InChI=1S/C28H30FN3O5/c1-28(2)10-8-17-12-18(14-22(29)25(17)28)30-27(35)26-21-6-4-19(36-3)13-16(21)9-11-32(26)24(34)7-5-20-15-23(33)31-37-20/h4,6,12-15,26H,5,7-11H2,1-3H3,(H,30,35)(H,31,33). The number of hydrogen-bond acceptors (Lipinski definition) is 5. The molecule has 9 heteroatoms. The van der Waals surface area contributed by atoms with Crippen molar-refractivity contribution in [2.75, 3.05) is 19.0 Å². The maximum absolute atomic E-state index is 15.1. The Morgan fingerprint density at radius 3 is 2.73 bits per heavy atom. The van der Waals surface area contributed by atoms with Crippen LogP contribution >= 0.6 is 0 Å². The predicted octanol–water partition coefficient (Wildman–Crippen LogP) is 4.04. The smallest absolute Gasteiger partial charge is 0.280 e. The Morgan fingerprint density at radius 2 is 2.00 bits per heavy atom. The van der Waals surface area contributed by atoms with E-state index in [9.17, 15) is 14.4 Å². The average Bonchev–Trinajstić information content (AvgIpc) is 3.42. The van der Waals surface area contributed by atoms with Gasteiger partial charge in [0.1, 0.15) is 23.4 Å². The van der Waals surface area contributed by atoms with E-state index in [4.69, 9.17) is 9.26 Å². The van der Waals surface area contributed by atoms with Crippen LogP contribution in [0.3, 0.4) is 0 Å². The minimum atomic E-state index is -0.895. The summed E-state index contributed by atoms with van der Waals surface area (Å²) >= 11 is 0. The lowest BCUT2D eigenvalue weighted by Gasteiger charge is -2.36. The first-order valence-electron chi connectivity index (χ1n) is 12.4. The lowest BCUT2D eigenvalue weighted by molar-refractivity contribution is -0.139. The fourth-order valence-electron chi connectivity index (χ4n) is 5.57. The monoisotopic (exact) mass is 507 g/mol. The topological polar surface area (TPSA) is 105 Å². The van der Waals surface area contributed by atoms with Crippen LogP contribution in [0.15, 0.2) is 45.7 Å². The molecule has 37 heavy (non-hydrogen) atoms. The largest absolute Gasteiger partial charge is 0.497 e. The zero-order valence-electron chi connectivity index (χ0n) is 21.2. The number of nitrogens with zero attached hydrogens (tertiary/aromatic N) is 1. The number of amides is 2. The molecule has 0 spiro atoms. The second-order valence-electron chi connectivity index (χ2n) is 10.3. The summed E-state index contributed by atoms with van der Waals surface area (Å²) in [6.07, 6.45) is 2.44. The average molecular weight is 508 g/mol. The molecular weight excluding hydrogens is 477 g/mol. The summed E-state index contributed by atoms with van der Waals surface area (Å²) in [7, 11) is 1.58. The highest BCUT2D eigenvalue weighted by atomic mass is 19.1. The molecule has 1 aliphatic heterocycles. The van der Waals surface area contributed by atoms with Crippen molar-refractivity contribution in [3.8, 4) is 5.75 Å². The number of fused-ring (bicyclic) bond motifs is 2. The van der Waals surface area contributed by atoms with Gasteiger partial charge in [0.15, 0.2) is 0 Å².